The van der Waals surface area contributed by atoms with Crippen molar-refractivity contribution in [2.75, 3.05) is 13.2 Å². The largest absolute Gasteiger partial charge is 0.461 e. The summed E-state index contributed by atoms with van der Waals surface area (Å²) in [6, 6.07) is 3.39. The van der Waals surface area contributed by atoms with Crippen LogP contribution in [0.15, 0.2) is 12.1 Å². The maximum absolute atomic E-state index is 11.8. The van der Waals surface area contributed by atoms with Crippen LogP contribution in [-0.2, 0) is 21.9 Å². The summed E-state index contributed by atoms with van der Waals surface area (Å²) in [5, 5.41) is 0. The van der Waals surface area contributed by atoms with Gasteiger partial charge in [0.25, 0.3) is 0 Å². The number of halogens is 1. The number of ether oxygens (including phenoxy) is 2. The molecule has 3 rings (SSSR count). The number of esters is 1. The average molecular weight is 310 g/mol. The molecule has 1 aliphatic heterocycles. The number of hydrogen-bond donors (Lipinski definition) is 0. The Balaban J connectivity index is 2.00. The van der Waals surface area contributed by atoms with Crippen molar-refractivity contribution < 1.29 is 14.3 Å². The van der Waals surface area contributed by atoms with E-state index in [1.807, 2.05) is 4.57 Å². The van der Waals surface area contributed by atoms with Gasteiger partial charge in [0.1, 0.15) is 11.3 Å². The van der Waals surface area contributed by atoms with Gasteiger partial charge in [0, 0.05) is 6.61 Å². The van der Waals surface area contributed by atoms with Crippen molar-refractivity contribution in [3.05, 3.63) is 23.7 Å². The number of pyridine rings is 1. The Labute approximate surface area is 127 Å². The molecule has 0 aromatic carbocycles. The Morgan fingerprint density at radius 3 is 2.95 bits per heavy atom. The van der Waals surface area contributed by atoms with Gasteiger partial charge in [0.2, 0.25) is 0 Å². The van der Waals surface area contributed by atoms with Gasteiger partial charge in [-0.3, -0.25) is 0 Å². The highest BCUT2D eigenvalue weighted by Crippen LogP contribution is 2.21. The van der Waals surface area contributed by atoms with Gasteiger partial charge >= 0.3 is 5.97 Å². The number of alkyl halides is 1. The number of aromatic nitrogens is 3. The van der Waals surface area contributed by atoms with E-state index in [-0.39, 0.29) is 17.7 Å². The SMILES string of the molecule is CCOC(=O)c1ccc2nc(CCl)n(C[C@@H]3CCO3)c2n1. The topological polar surface area (TPSA) is 66.2 Å². The fourth-order valence-corrected chi connectivity index (χ4v) is 2.50. The van der Waals surface area contributed by atoms with Crippen LogP contribution in [-0.4, -0.2) is 39.8 Å². The molecule has 21 heavy (non-hydrogen) atoms. The number of nitrogens with zero attached hydrogens (tertiary/aromatic N) is 3. The lowest BCUT2D eigenvalue weighted by Crippen LogP contribution is -2.31. The normalized spacial score (nSPS) is 17.7. The van der Waals surface area contributed by atoms with Crippen LogP contribution in [0.5, 0.6) is 0 Å². The van der Waals surface area contributed by atoms with Gasteiger partial charge in [-0.2, -0.15) is 0 Å². The van der Waals surface area contributed by atoms with Crippen LogP contribution < -0.4 is 0 Å². The lowest BCUT2D eigenvalue weighted by molar-refractivity contribution is -0.0590. The summed E-state index contributed by atoms with van der Waals surface area (Å²) in [6.07, 6.45) is 1.18. The first-order valence-corrected chi connectivity index (χ1v) is 7.47. The van der Waals surface area contributed by atoms with E-state index in [9.17, 15) is 4.79 Å². The van der Waals surface area contributed by atoms with Crippen LogP contribution in [0.2, 0.25) is 0 Å². The van der Waals surface area contributed by atoms with Crippen molar-refractivity contribution in [2.45, 2.75) is 31.9 Å². The Morgan fingerprint density at radius 1 is 1.52 bits per heavy atom. The second kappa shape index (κ2) is 5.99. The Hall–Kier alpha value is -1.66. The maximum Gasteiger partial charge on any atom is 0.357 e. The molecule has 0 aliphatic carbocycles. The third kappa shape index (κ3) is 2.73. The number of carbonyl (C=O) groups is 1. The predicted octanol–water partition coefficient (Wildman–Crippen LogP) is 2.14. The van der Waals surface area contributed by atoms with E-state index in [4.69, 9.17) is 21.1 Å². The minimum atomic E-state index is -0.431. The molecular formula is C14H16ClN3O3. The van der Waals surface area contributed by atoms with Crippen molar-refractivity contribution in [3.63, 3.8) is 0 Å². The Bertz CT molecular complexity index is 667. The summed E-state index contributed by atoms with van der Waals surface area (Å²) in [5.41, 5.74) is 1.64. The van der Waals surface area contributed by atoms with Crippen LogP contribution in [0.3, 0.4) is 0 Å². The summed E-state index contributed by atoms with van der Waals surface area (Å²) < 4.78 is 12.4. The highest BCUT2D eigenvalue weighted by Gasteiger charge is 2.22. The first kappa shape index (κ1) is 14.3. The molecule has 1 fully saturated rings. The molecule has 1 aliphatic rings. The van der Waals surface area contributed by atoms with Crippen molar-refractivity contribution in [2.24, 2.45) is 0 Å². The molecule has 0 amide bonds. The monoisotopic (exact) mass is 309 g/mol. The lowest BCUT2D eigenvalue weighted by atomic mass is 10.2. The van der Waals surface area contributed by atoms with Crippen molar-refractivity contribution in [1.29, 1.82) is 0 Å². The molecular weight excluding hydrogens is 294 g/mol. The first-order valence-electron chi connectivity index (χ1n) is 6.93. The van der Waals surface area contributed by atoms with E-state index in [1.165, 1.54) is 0 Å². The van der Waals surface area contributed by atoms with E-state index in [1.54, 1.807) is 19.1 Å². The van der Waals surface area contributed by atoms with Gasteiger partial charge < -0.3 is 14.0 Å². The van der Waals surface area contributed by atoms with E-state index in [0.717, 1.165) is 24.4 Å². The van der Waals surface area contributed by atoms with Crippen LogP contribution in [0.1, 0.15) is 29.7 Å². The summed E-state index contributed by atoms with van der Waals surface area (Å²) in [7, 11) is 0. The smallest absolute Gasteiger partial charge is 0.357 e. The molecule has 2 aromatic heterocycles. The molecule has 7 heteroatoms. The molecule has 6 nitrogen and oxygen atoms in total. The van der Waals surface area contributed by atoms with Crippen LogP contribution in [0.4, 0.5) is 0 Å². The average Bonchev–Trinajstić information content (AvgIpc) is 2.80. The van der Waals surface area contributed by atoms with Gasteiger partial charge in [-0.05, 0) is 25.5 Å². The second-order valence-electron chi connectivity index (χ2n) is 4.81. The summed E-state index contributed by atoms with van der Waals surface area (Å²) in [4.78, 5) is 20.6. The van der Waals surface area contributed by atoms with Crippen molar-refractivity contribution in [3.8, 4) is 0 Å². The molecule has 0 unspecified atom stereocenters. The lowest BCUT2D eigenvalue weighted by Gasteiger charge is -2.27. The number of fused-ring (bicyclic) bond motifs is 1. The summed E-state index contributed by atoms with van der Waals surface area (Å²) >= 11 is 5.96. The zero-order valence-corrected chi connectivity index (χ0v) is 12.5. The fraction of sp³-hybridized carbons (Fsp3) is 0.500. The van der Waals surface area contributed by atoms with E-state index >= 15 is 0 Å². The van der Waals surface area contributed by atoms with Gasteiger partial charge in [-0.1, -0.05) is 0 Å². The zero-order valence-electron chi connectivity index (χ0n) is 11.7. The second-order valence-corrected chi connectivity index (χ2v) is 5.08. The van der Waals surface area contributed by atoms with Crippen molar-refractivity contribution >= 4 is 28.7 Å². The minimum absolute atomic E-state index is 0.164. The molecule has 0 radical (unpaired) electrons. The minimum Gasteiger partial charge on any atom is -0.461 e. The summed E-state index contributed by atoms with van der Waals surface area (Å²) in [6.45, 7) is 3.52. The standard InChI is InChI=1S/C14H16ClN3O3/c1-2-20-14(19)11-4-3-10-13(17-11)18(12(7-15)16-10)8-9-5-6-21-9/h3-4,9H,2,5-8H2,1H3/t9-/m0/s1. The number of rotatable bonds is 5. The molecule has 1 saturated heterocycles. The molecule has 3 heterocycles. The number of imidazole rings is 1. The number of hydrogen-bond acceptors (Lipinski definition) is 5. The van der Waals surface area contributed by atoms with Crippen LogP contribution in [0, 0.1) is 0 Å². The highest BCUT2D eigenvalue weighted by molar-refractivity contribution is 6.16. The molecule has 0 spiro atoms. The third-order valence-electron chi connectivity index (χ3n) is 3.45. The molecule has 112 valence electrons. The van der Waals surface area contributed by atoms with Crippen LogP contribution >= 0.6 is 11.6 Å². The zero-order chi connectivity index (χ0) is 14.8. The van der Waals surface area contributed by atoms with E-state index in [2.05, 4.69) is 9.97 Å². The molecule has 0 N–H and O–H groups in total. The molecule has 1 atom stereocenters. The fourth-order valence-electron chi connectivity index (χ4n) is 2.29. The highest BCUT2D eigenvalue weighted by atomic mass is 35.5. The third-order valence-corrected chi connectivity index (χ3v) is 3.69. The quantitative estimate of drug-likeness (QED) is 0.625. The first-order chi connectivity index (χ1) is 10.2. The van der Waals surface area contributed by atoms with E-state index in [0.29, 0.717) is 18.8 Å². The van der Waals surface area contributed by atoms with Crippen LogP contribution in [0.25, 0.3) is 11.2 Å². The van der Waals surface area contributed by atoms with Gasteiger partial charge in [-0.25, -0.2) is 14.8 Å². The van der Waals surface area contributed by atoms with Gasteiger partial charge in [-0.15, -0.1) is 11.6 Å². The Kier molecular flexibility index (Phi) is 4.07. The summed E-state index contributed by atoms with van der Waals surface area (Å²) in [5.74, 6) is 0.591. The van der Waals surface area contributed by atoms with Crippen molar-refractivity contribution in [1.82, 2.24) is 14.5 Å². The number of carbonyl (C=O) groups excluding carboxylic acids is 1. The Morgan fingerprint density at radius 2 is 2.33 bits per heavy atom. The predicted molar refractivity (Wildman–Crippen MR) is 77.4 cm³/mol. The molecule has 0 saturated carbocycles. The van der Waals surface area contributed by atoms with Gasteiger partial charge in [0.05, 0.1) is 25.1 Å². The van der Waals surface area contributed by atoms with E-state index < -0.39 is 5.97 Å². The molecule has 2 aromatic rings. The molecule has 0 bridgehead atoms. The van der Waals surface area contributed by atoms with Gasteiger partial charge in [0.15, 0.2) is 11.3 Å². The maximum atomic E-state index is 11.8.